The van der Waals surface area contributed by atoms with Crippen molar-refractivity contribution in [1.82, 2.24) is 9.71 Å². The molecule has 0 aliphatic carbocycles. The van der Waals surface area contributed by atoms with Crippen LogP contribution in [0.2, 0.25) is 0 Å². The summed E-state index contributed by atoms with van der Waals surface area (Å²) in [5, 5.41) is 9.48. The van der Waals surface area contributed by atoms with Gasteiger partial charge in [-0.2, -0.15) is 0 Å². The summed E-state index contributed by atoms with van der Waals surface area (Å²) in [6.07, 6.45) is 0.926. The fraction of sp³-hybridized carbons (Fsp3) is 0.238. The average molecular weight is 462 g/mol. The third-order valence-corrected chi connectivity index (χ3v) is 5.75. The van der Waals surface area contributed by atoms with Crippen molar-refractivity contribution in [1.29, 1.82) is 0 Å². The van der Waals surface area contributed by atoms with Gasteiger partial charge in [0.05, 0.1) is 19.4 Å². The second kappa shape index (κ2) is 9.90. The lowest BCUT2D eigenvalue weighted by atomic mass is 10.2. The van der Waals surface area contributed by atoms with Crippen molar-refractivity contribution >= 4 is 38.1 Å². The third-order valence-electron chi connectivity index (χ3n) is 4.20. The molecule has 3 rings (SSSR count). The number of aliphatic hydroxyl groups excluding tert-OH is 1. The Kier molecular flexibility index (Phi) is 7.26. The van der Waals surface area contributed by atoms with Crippen molar-refractivity contribution in [2.24, 2.45) is 0 Å². The van der Waals surface area contributed by atoms with Gasteiger partial charge in [0, 0.05) is 10.6 Å². The Balaban J connectivity index is 1.95. The molecule has 8 nitrogen and oxygen atoms in total. The van der Waals surface area contributed by atoms with Gasteiger partial charge in [-0.1, -0.05) is 30.3 Å². The number of aromatic nitrogens is 1. The molecule has 0 radical (unpaired) electrons. The lowest BCUT2D eigenvalue weighted by Gasteiger charge is -2.22. The first-order chi connectivity index (χ1) is 14.8. The standard InChI is InChI=1S/C21H23N3O5S2/c1-15-19(20(26)23-31(2,27)28)22-21(30-15)24(14-16-6-4-3-5-7-16)17-8-10-18(11-9-17)29-13-12-25/h3-11,25H,12-14H2,1-2H3,(H,23,26). The average Bonchev–Trinajstić information content (AvgIpc) is 3.12. The molecule has 0 saturated heterocycles. The van der Waals surface area contributed by atoms with Crippen LogP contribution < -0.4 is 14.4 Å². The van der Waals surface area contributed by atoms with Crippen LogP contribution in [0.15, 0.2) is 54.6 Å². The maximum atomic E-state index is 12.4. The number of ether oxygens (including phenoxy) is 1. The summed E-state index contributed by atoms with van der Waals surface area (Å²) in [7, 11) is -3.69. The Morgan fingerprint density at radius 1 is 1.16 bits per heavy atom. The van der Waals surface area contributed by atoms with E-state index in [-0.39, 0.29) is 18.9 Å². The number of amides is 1. The number of anilines is 2. The molecule has 31 heavy (non-hydrogen) atoms. The largest absolute Gasteiger partial charge is 0.491 e. The van der Waals surface area contributed by atoms with Crippen LogP contribution in [0.1, 0.15) is 20.9 Å². The first-order valence-electron chi connectivity index (χ1n) is 9.41. The Hall–Kier alpha value is -2.95. The van der Waals surface area contributed by atoms with E-state index in [4.69, 9.17) is 9.84 Å². The summed E-state index contributed by atoms with van der Waals surface area (Å²) < 4.78 is 30.3. The highest BCUT2D eigenvalue weighted by Crippen LogP contribution is 2.34. The van der Waals surface area contributed by atoms with Gasteiger partial charge in [0.2, 0.25) is 10.0 Å². The molecule has 0 aliphatic rings. The molecule has 0 fully saturated rings. The molecule has 0 spiro atoms. The fourth-order valence-electron chi connectivity index (χ4n) is 2.85. The molecule has 2 aromatic carbocycles. The summed E-state index contributed by atoms with van der Waals surface area (Å²) in [5.41, 5.74) is 1.94. The third kappa shape index (κ3) is 6.27. The van der Waals surface area contributed by atoms with Gasteiger partial charge in [-0.25, -0.2) is 18.1 Å². The van der Waals surface area contributed by atoms with Gasteiger partial charge in [-0.05, 0) is 36.8 Å². The predicted molar refractivity (Wildman–Crippen MR) is 120 cm³/mol. The van der Waals surface area contributed by atoms with Gasteiger partial charge in [-0.15, -0.1) is 11.3 Å². The van der Waals surface area contributed by atoms with Gasteiger partial charge in [0.25, 0.3) is 5.91 Å². The molecule has 2 N–H and O–H groups in total. The van der Waals surface area contributed by atoms with E-state index in [2.05, 4.69) is 4.98 Å². The molecule has 0 bridgehead atoms. The molecular formula is C21H23N3O5S2. The van der Waals surface area contributed by atoms with Crippen LogP contribution >= 0.6 is 11.3 Å². The number of nitrogens with one attached hydrogen (secondary N) is 1. The SMILES string of the molecule is Cc1sc(N(Cc2ccccc2)c2ccc(OCCO)cc2)nc1C(=O)NS(C)(=O)=O. The van der Waals surface area contributed by atoms with Gasteiger partial charge >= 0.3 is 0 Å². The van der Waals surface area contributed by atoms with E-state index < -0.39 is 15.9 Å². The van der Waals surface area contributed by atoms with Gasteiger partial charge < -0.3 is 14.7 Å². The van der Waals surface area contributed by atoms with Crippen molar-refractivity contribution in [3.8, 4) is 5.75 Å². The van der Waals surface area contributed by atoms with E-state index in [0.29, 0.717) is 22.3 Å². The van der Waals surface area contributed by atoms with Crippen molar-refractivity contribution in [3.63, 3.8) is 0 Å². The summed E-state index contributed by atoms with van der Waals surface area (Å²) in [6.45, 7) is 2.36. The van der Waals surface area contributed by atoms with Crippen LogP contribution in [0.3, 0.4) is 0 Å². The number of carbonyl (C=O) groups is 1. The topological polar surface area (TPSA) is 109 Å². The Bertz CT molecular complexity index is 1130. The lowest BCUT2D eigenvalue weighted by molar-refractivity contribution is 0.0977. The summed E-state index contributed by atoms with van der Waals surface area (Å²) in [4.78, 5) is 19.4. The first kappa shape index (κ1) is 22.7. The molecule has 10 heteroatoms. The van der Waals surface area contributed by atoms with Crippen molar-refractivity contribution in [2.45, 2.75) is 13.5 Å². The van der Waals surface area contributed by atoms with E-state index >= 15 is 0 Å². The highest BCUT2D eigenvalue weighted by atomic mass is 32.2. The molecule has 1 heterocycles. The number of aliphatic hydroxyl groups is 1. The fourth-order valence-corrected chi connectivity index (χ4v) is 4.21. The monoisotopic (exact) mass is 461 g/mol. The normalized spacial score (nSPS) is 11.2. The quantitative estimate of drug-likeness (QED) is 0.504. The number of hydrogen-bond acceptors (Lipinski definition) is 8. The van der Waals surface area contributed by atoms with Crippen LogP contribution in [0, 0.1) is 6.92 Å². The van der Waals surface area contributed by atoms with Crippen molar-refractivity contribution in [2.75, 3.05) is 24.4 Å². The highest BCUT2D eigenvalue weighted by Gasteiger charge is 2.22. The number of aryl methyl sites for hydroxylation is 1. The number of carbonyl (C=O) groups excluding carboxylic acids is 1. The smallest absolute Gasteiger partial charge is 0.284 e. The van der Waals surface area contributed by atoms with E-state index in [1.165, 1.54) is 11.3 Å². The molecule has 1 amide bonds. The van der Waals surface area contributed by atoms with Gasteiger partial charge in [0.15, 0.2) is 5.13 Å². The zero-order valence-electron chi connectivity index (χ0n) is 17.1. The second-order valence-corrected chi connectivity index (χ2v) is 9.67. The zero-order valence-corrected chi connectivity index (χ0v) is 18.7. The summed E-state index contributed by atoms with van der Waals surface area (Å²) >= 11 is 1.30. The molecule has 1 aromatic heterocycles. The summed E-state index contributed by atoms with van der Waals surface area (Å²) in [6, 6.07) is 17.1. The van der Waals surface area contributed by atoms with Crippen molar-refractivity contribution in [3.05, 3.63) is 70.7 Å². The molecule has 3 aromatic rings. The zero-order chi connectivity index (χ0) is 22.4. The number of benzene rings is 2. The number of hydrogen-bond donors (Lipinski definition) is 2. The van der Waals surface area contributed by atoms with Crippen LogP contribution in [0.5, 0.6) is 5.75 Å². The Morgan fingerprint density at radius 2 is 1.84 bits per heavy atom. The minimum atomic E-state index is -3.69. The number of thiazole rings is 1. The molecule has 164 valence electrons. The predicted octanol–water partition coefficient (Wildman–Crippen LogP) is 2.85. The minimum absolute atomic E-state index is 0.0708. The molecule has 0 aliphatic heterocycles. The van der Waals surface area contributed by atoms with E-state index in [9.17, 15) is 13.2 Å². The van der Waals surface area contributed by atoms with E-state index in [1.807, 2.05) is 52.1 Å². The van der Waals surface area contributed by atoms with Crippen LogP contribution in [-0.2, 0) is 16.6 Å². The summed E-state index contributed by atoms with van der Waals surface area (Å²) in [5.74, 6) is -0.129. The second-order valence-electron chi connectivity index (χ2n) is 6.74. The maximum absolute atomic E-state index is 12.4. The van der Waals surface area contributed by atoms with Crippen LogP contribution in [0.4, 0.5) is 10.8 Å². The molecule has 0 unspecified atom stereocenters. The lowest BCUT2D eigenvalue weighted by Crippen LogP contribution is -2.30. The highest BCUT2D eigenvalue weighted by molar-refractivity contribution is 7.89. The number of rotatable bonds is 9. The van der Waals surface area contributed by atoms with Gasteiger partial charge in [-0.3, -0.25) is 4.79 Å². The maximum Gasteiger partial charge on any atom is 0.284 e. The molecule has 0 saturated carbocycles. The van der Waals surface area contributed by atoms with Crippen LogP contribution in [-0.4, -0.2) is 43.9 Å². The first-order valence-corrected chi connectivity index (χ1v) is 12.1. The molecular weight excluding hydrogens is 438 g/mol. The number of nitrogens with zero attached hydrogens (tertiary/aromatic N) is 2. The minimum Gasteiger partial charge on any atom is -0.491 e. The van der Waals surface area contributed by atoms with Crippen LogP contribution in [0.25, 0.3) is 0 Å². The Labute approximate surface area is 185 Å². The van der Waals surface area contributed by atoms with Gasteiger partial charge in [0.1, 0.15) is 18.1 Å². The number of sulfonamides is 1. The van der Waals surface area contributed by atoms with Crippen molar-refractivity contribution < 1.29 is 23.1 Å². The van der Waals surface area contributed by atoms with E-state index in [0.717, 1.165) is 17.5 Å². The van der Waals surface area contributed by atoms with E-state index in [1.54, 1.807) is 19.1 Å². The molecule has 0 atom stereocenters. The Morgan fingerprint density at radius 3 is 2.45 bits per heavy atom.